The first kappa shape index (κ1) is 27.0. The fraction of sp³-hybridized carbons (Fsp3) is 0.440. The van der Waals surface area contributed by atoms with Crippen LogP contribution in [0, 0.1) is 0 Å². The standard InChI is InChI=1S/C25H32ClNO5S/c1-25(2,3)32-24(31)27(17-22(28)19-6-4-7-20(26)16-19)14-13-18-9-11-21(12-10-18)33-15-5-8-23(29)30/h4,6-7,9-12,16,22,28H,5,8,13-15,17H2,1-3H3,(H,29,30)/t22-/m1/s1. The SMILES string of the molecule is CC(C)(C)OC(=O)N(CCc1ccc(SCCCC(=O)O)cc1)C[C@@H](O)c1cccc(Cl)c1. The summed E-state index contributed by atoms with van der Waals surface area (Å²) in [5, 5.41) is 19.9. The van der Waals surface area contributed by atoms with Gasteiger partial charge in [0.05, 0.1) is 12.6 Å². The van der Waals surface area contributed by atoms with Crippen molar-refractivity contribution in [1.82, 2.24) is 4.90 Å². The Morgan fingerprint density at radius 2 is 1.85 bits per heavy atom. The number of carbonyl (C=O) groups excluding carboxylic acids is 1. The third kappa shape index (κ3) is 10.5. The first-order chi connectivity index (χ1) is 15.5. The topological polar surface area (TPSA) is 87.1 Å². The van der Waals surface area contributed by atoms with E-state index in [0.29, 0.717) is 30.0 Å². The van der Waals surface area contributed by atoms with E-state index in [-0.39, 0.29) is 13.0 Å². The van der Waals surface area contributed by atoms with Crippen LogP contribution >= 0.6 is 23.4 Å². The number of nitrogens with zero attached hydrogens (tertiary/aromatic N) is 1. The molecule has 33 heavy (non-hydrogen) atoms. The lowest BCUT2D eigenvalue weighted by molar-refractivity contribution is -0.137. The van der Waals surface area contributed by atoms with E-state index in [2.05, 4.69) is 0 Å². The number of benzene rings is 2. The molecule has 8 heteroatoms. The second kappa shape index (κ2) is 12.9. The van der Waals surface area contributed by atoms with E-state index in [0.717, 1.165) is 16.2 Å². The average molecular weight is 494 g/mol. The number of thioether (sulfide) groups is 1. The Morgan fingerprint density at radius 1 is 1.15 bits per heavy atom. The summed E-state index contributed by atoms with van der Waals surface area (Å²) in [5.74, 6) is -0.0274. The molecule has 0 saturated carbocycles. The minimum atomic E-state index is -0.888. The summed E-state index contributed by atoms with van der Waals surface area (Å²) in [7, 11) is 0. The Kier molecular flexibility index (Phi) is 10.5. The van der Waals surface area contributed by atoms with Gasteiger partial charge in [0, 0.05) is 22.9 Å². The van der Waals surface area contributed by atoms with Crippen LogP contribution in [0.15, 0.2) is 53.4 Å². The van der Waals surface area contributed by atoms with Crippen molar-refractivity contribution in [3.05, 3.63) is 64.7 Å². The molecule has 0 saturated heterocycles. The van der Waals surface area contributed by atoms with Gasteiger partial charge < -0.3 is 19.8 Å². The second-order valence-electron chi connectivity index (χ2n) is 8.74. The Morgan fingerprint density at radius 3 is 2.45 bits per heavy atom. The molecule has 2 rings (SSSR count). The predicted molar refractivity (Wildman–Crippen MR) is 132 cm³/mol. The molecule has 1 amide bonds. The van der Waals surface area contributed by atoms with E-state index in [9.17, 15) is 14.7 Å². The number of aliphatic hydroxyl groups is 1. The van der Waals surface area contributed by atoms with Crippen LogP contribution in [0.4, 0.5) is 4.79 Å². The molecule has 2 aromatic carbocycles. The van der Waals surface area contributed by atoms with Crippen LogP contribution in [0.5, 0.6) is 0 Å². The Balaban J connectivity index is 1.99. The van der Waals surface area contributed by atoms with Crippen molar-refractivity contribution in [3.8, 4) is 0 Å². The lowest BCUT2D eigenvalue weighted by Gasteiger charge is -2.29. The summed E-state index contributed by atoms with van der Waals surface area (Å²) >= 11 is 7.66. The maximum Gasteiger partial charge on any atom is 0.410 e. The predicted octanol–water partition coefficient (Wildman–Crippen LogP) is 5.81. The highest BCUT2D eigenvalue weighted by Gasteiger charge is 2.24. The number of halogens is 1. The Bertz CT molecular complexity index is 914. The van der Waals surface area contributed by atoms with Gasteiger partial charge in [-0.25, -0.2) is 4.79 Å². The monoisotopic (exact) mass is 493 g/mol. The molecule has 2 aromatic rings. The Hall–Kier alpha value is -2.22. The molecule has 0 aliphatic heterocycles. The molecule has 6 nitrogen and oxygen atoms in total. The lowest BCUT2D eigenvalue weighted by atomic mass is 10.1. The third-order valence-corrected chi connectivity index (χ3v) is 6.01. The number of amides is 1. The van der Waals surface area contributed by atoms with Gasteiger partial charge in [-0.2, -0.15) is 0 Å². The zero-order valence-electron chi connectivity index (χ0n) is 19.3. The van der Waals surface area contributed by atoms with Crippen LogP contribution in [0.2, 0.25) is 5.02 Å². The van der Waals surface area contributed by atoms with Crippen LogP contribution in [-0.4, -0.2) is 51.6 Å². The van der Waals surface area contributed by atoms with Crippen molar-refractivity contribution in [3.63, 3.8) is 0 Å². The van der Waals surface area contributed by atoms with Crippen molar-refractivity contribution in [2.75, 3.05) is 18.8 Å². The summed E-state index contributed by atoms with van der Waals surface area (Å²) in [5.41, 5.74) is 1.05. The number of hydrogen-bond donors (Lipinski definition) is 2. The molecule has 2 N–H and O–H groups in total. The summed E-state index contributed by atoms with van der Waals surface area (Å²) in [6, 6.07) is 15.0. The zero-order valence-corrected chi connectivity index (χ0v) is 20.9. The molecule has 0 spiro atoms. The highest BCUT2D eigenvalue weighted by atomic mass is 35.5. The van der Waals surface area contributed by atoms with E-state index >= 15 is 0 Å². The van der Waals surface area contributed by atoms with Gasteiger partial charge in [0.25, 0.3) is 0 Å². The minimum absolute atomic E-state index is 0.0900. The molecule has 0 heterocycles. The van der Waals surface area contributed by atoms with E-state index in [1.165, 1.54) is 4.90 Å². The maximum absolute atomic E-state index is 12.8. The van der Waals surface area contributed by atoms with Gasteiger partial charge >= 0.3 is 12.1 Å². The molecule has 0 aromatic heterocycles. The molecule has 0 bridgehead atoms. The van der Waals surface area contributed by atoms with Crippen LogP contribution < -0.4 is 0 Å². The summed E-state index contributed by atoms with van der Waals surface area (Å²) in [6.07, 6.45) is 0.0367. The third-order valence-electron chi connectivity index (χ3n) is 4.68. The van der Waals surface area contributed by atoms with Gasteiger partial charge in [0.2, 0.25) is 0 Å². The van der Waals surface area contributed by atoms with Crippen molar-refractivity contribution in [1.29, 1.82) is 0 Å². The molecule has 0 aliphatic rings. The fourth-order valence-corrected chi connectivity index (χ4v) is 4.09. The second-order valence-corrected chi connectivity index (χ2v) is 10.3. The Labute approximate surface area is 204 Å². The molecule has 1 atom stereocenters. The normalized spacial score (nSPS) is 12.3. The lowest BCUT2D eigenvalue weighted by Crippen LogP contribution is -2.40. The number of carboxylic acid groups (broad SMARTS) is 1. The molecule has 0 aliphatic carbocycles. The van der Waals surface area contributed by atoms with Gasteiger partial charge in [-0.3, -0.25) is 4.79 Å². The van der Waals surface area contributed by atoms with Crippen molar-refractivity contribution < 1.29 is 24.5 Å². The molecular weight excluding hydrogens is 462 g/mol. The number of carbonyl (C=O) groups is 2. The van der Waals surface area contributed by atoms with E-state index in [1.54, 1.807) is 36.0 Å². The van der Waals surface area contributed by atoms with E-state index < -0.39 is 23.8 Å². The van der Waals surface area contributed by atoms with Crippen molar-refractivity contribution >= 4 is 35.4 Å². The quantitative estimate of drug-likeness (QED) is 0.303. The van der Waals surface area contributed by atoms with Crippen LogP contribution in [0.3, 0.4) is 0 Å². The highest BCUT2D eigenvalue weighted by molar-refractivity contribution is 7.99. The number of hydrogen-bond acceptors (Lipinski definition) is 5. The number of aliphatic carboxylic acids is 1. The van der Waals surface area contributed by atoms with Crippen molar-refractivity contribution in [2.45, 2.75) is 56.6 Å². The van der Waals surface area contributed by atoms with Gasteiger partial charge in [0.15, 0.2) is 0 Å². The van der Waals surface area contributed by atoms with E-state index in [1.807, 2.05) is 45.0 Å². The van der Waals surface area contributed by atoms with Crippen molar-refractivity contribution in [2.24, 2.45) is 0 Å². The van der Waals surface area contributed by atoms with Gasteiger partial charge in [0.1, 0.15) is 5.60 Å². The summed E-state index contributed by atoms with van der Waals surface area (Å²) in [6.45, 7) is 5.90. The number of carboxylic acids is 1. The molecule has 0 fully saturated rings. The summed E-state index contributed by atoms with van der Waals surface area (Å²) in [4.78, 5) is 26.0. The maximum atomic E-state index is 12.8. The number of ether oxygens (including phenoxy) is 1. The van der Waals surface area contributed by atoms with Gasteiger partial charge in [-0.05, 0) is 74.8 Å². The van der Waals surface area contributed by atoms with Crippen LogP contribution in [0.1, 0.15) is 50.8 Å². The summed E-state index contributed by atoms with van der Waals surface area (Å²) < 4.78 is 5.54. The zero-order chi connectivity index (χ0) is 24.4. The smallest absolute Gasteiger partial charge is 0.410 e. The fourth-order valence-electron chi connectivity index (χ4n) is 3.04. The molecular formula is C25H32ClNO5S. The highest BCUT2D eigenvalue weighted by Crippen LogP contribution is 2.22. The average Bonchev–Trinajstić information content (AvgIpc) is 2.73. The molecule has 0 unspecified atom stereocenters. The van der Waals surface area contributed by atoms with Gasteiger partial charge in [-0.15, -0.1) is 11.8 Å². The van der Waals surface area contributed by atoms with Crippen LogP contribution in [0.25, 0.3) is 0 Å². The largest absolute Gasteiger partial charge is 0.481 e. The van der Waals surface area contributed by atoms with Crippen LogP contribution in [-0.2, 0) is 16.0 Å². The van der Waals surface area contributed by atoms with Gasteiger partial charge in [-0.1, -0.05) is 35.9 Å². The minimum Gasteiger partial charge on any atom is -0.481 e. The van der Waals surface area contributed by atoms with E-state index in [4.69, 9.17) is 21.4 Å². The first-order valence-electron chi connectivity index (χ1n) is 10.9. The molecule has 0 radical (unpaired) electrons. The number of aliphatic hydroxyl groups excluding tert-OH is 1. The number of rotatable bonds is 11. The molecule has 180 valence electrons. The first-order valence-corrected chi connectivity index (χ1v) is 12.2.